The molecule has 0 aliphatic heterocycles. The smallest absolute Gasteiger partial charge is 0.332 e. The molecule has 0 aromatic rings. The molecule has 2 nitrogen and oxygen atoms in total. The van der Waals surface area contributed by atoms with Gasteiger partial charge in [0.1, 0.15) is 0 Å². The van der Waals surface area contributed by atoms with Crippen molar-refractivity contribution in [3.8, 4) is 0 Å². The van der Waals surface area contributed by atoms with Crippen molar-refractivity contribution in [3.05, 3.63) is 5.88 Å². The van der Waals surface area contributed by atoms with Crippen molar-refractivity contribution in [2.45, 2.75) is 0 Å². The number of halogens is 1. The second-order valence-corrected chi connectivity index (χ2v) is 0.775. The van der Waals surface area contributed by atoms with E-state index < -0.39 is 5.97 Å². The molecule has 0 aliphatic rings. The van der Waals surface area contributed by atoms with Gasteiger partial charge >= 0.3 is 5.97 Å². The first-order valence-corrected chi connectivity index (χ1v) is 1.63. The Bertz CT molecular complexity index is 46.8. The third-order valence-electron chi connectivity index (χ3n) is 0.263. The molecule has 3 heteroatoms. The maximum Gasteiger partial charge on any atom is 0.332 e. The quantitative estimate of drug-likeness (QED) is 0.454. The summed E-state index contributed by atoms with van der Waals surface area (Å²) in [7, 11) is 1.23. The average molecular weight is 107 g/mol. The van der Waals surface area contributed by atoms with Crippen molar-refractivity contribution in [3.63, 3.8) is 0 Å². The summed E-state index contributed by atoms with van der Waals surface area (Å²) in [5, 5.41) is 0. The summed E-state index contributed by atoms with van der Waals surface area (Å²) in [6, 6.07) is 0. The molecule has 0 rings (SSSR count). The molecule has 0 fully saturated rings. The highest BCUT2D eigenvalue weighted by Crippen LogP contribution is 1.83. The minimum atomic E-state index is -0.642. The van der Waals surface area contributed by atoms with Crippen LogP contribution in [0.25, 0.3) is 0 Å². The number of hydrogen-bond donors (Lipinski definition) is 0. The van der Waals surface area contributed by atoms with Gasteiger partial charge in [-0.05, 0) is 0 Å². The van der Waals surface area contributed by atoms with Gasteiger partial charge in [0, 0.05) is 0 Å². The molecule has 2 radical (unpaired) electrons. The van der Waals surface area contributed by atoms with E-state index >= 15 is 0 Å². The standard InChI is InChI=1S/C3H3ClO2/c1-6-3(5)2-4/h1H3. The first-order chi connectivity index (χ1) is 2.81. The molecule has 0 N–H and O–H groups in total. The van der Waals surface area contributed by atoms with Gasteiger partial charge in [0.15, 0.2) is 0 Å². The number of methoxy groups -OCH3 is 1. The maximum atomic E-state index is 9.72. The van der Waals surface area contributed by atoms with Crippen LogP contribution in [0.1, 0.15) is 0 Å². The fourth-order valence-corrected chi connectivity index (χ4v) is 0.116. The predicted octanol–water partition coefficient (Wildman–Crippen LogP) is 0.437. The van der Waals surface area contributed by atoms with Gasteiger partial charge in [-0.2, -0.15) is 0 Å². The largest absolute Gasteiger partial charge is 0.468 e. The van der Waals surface area contributed by atoms with E-state index in [4.69, 9.17) is 11.6 Å². The van der Waals surface area contributed by atoms with E-state index in [2.05, 4.69) is 4.74 Å². The van der Waals surface area contributed by atoms with Crippen molar-refractivity contribution in [2.24, 2.45) is 0 Å². The molecule has 0 saturated carbocycles. The minimum Gasteiger partial charge on any atom is -0.468 e. The van der Waals surface area contributed by atoms with E-state index in [1.54, 1.807) is 5.88 Å². The first-order valence-electron chi connectivity index (χ1n) is 1.26. The number of esters is 1. The summed E-state index contributed by atoms with van der Waals surface area (Å²) < 4.78 is 4.02. The van der Waals surface area contributed by atoms with Gasteiger partial charge in [-0.25, -0.2) is 4.79 Å². The normalized spacial score (nSPS) is 7.67. The van der Waals surface area contributed by atoms with Crippen LogP contribution >= 0.6 is 11.6 Å². The summed E-state index contributed by atoms with van der Waals surface area (Å²) in [4.78, 5) is 9.72. The molecule has 0 unspecified atom stereocenters. The summed E-state index contributed by atoms with van der Waals surface area (Å²) in [5.74, 6) is 1.08. The third-order valence-corrected chi connectivity index (χ3v) is 0.417. The number of ether oxygens (including phenoxy) is 1. The first kappa shape index (κ1) is 5.76. The van der Waals surface area contributed by atoms with Gasteiger partial charge in [0.25, 0.3) is 0 Å². The zero-order valence-corrected chi connectivity index (χ0v) is 3.95. The second kappa shape index (κ2) is 2.97. The molecule has 0 saturated heterocycles. The number of hydrogen-bond acceptors (Lipinski definition) is 2. The van der Waals surface area contributed by atoms with Gasteiger partial charge in [0.05, 0.1) is 7.11 Å². The molecule has 0 spiro atoms. The number of carbonyl (C=O) groups excluding carboxylic acids is 1. The van der Waals surface area contributed by atoms with E-state index in [9.17, 15) is 4.79 Å². The molecular weight excluding hydrogens is 103 g/mol. The molecule has 0 bridgehead atoms. The van der Waals surface area contributed by atoms with Crippen LogP contribution in [0, 0.1) is 5.88 Å². The Morgan fingerprint density at radius 2 is 2.50 bits per heavy atom. The topological polar surface area (TPSA) is 26.3 Å². The van der Waals surface area contributed by atoms with E-state index in [1.807, 2.05) is 0 Å². The number of carbonyl (C=O) groups is 1. The fraction of sp³-hybridized carbons (Fsp3) is 0.333. The Balaban J connectivity index is 2.99. The van der Waals surface area contributed by atoms with Crippen molar-refractivity contribution in [1.29, 1.82) is 0 Å². The molecule has 6 heavy (non-hydrogen) atoms. The van der Waals surface area contributed by atoms with E-state index in [0.717, 1.165) is 0 Å². The molecule has 0 amide bonds. The predicted molar refractivity (Wildman–Crippen MR) is 21.1 cm³/mol. The highest BCUT2D eigenvalue weighted by molar-refractivity contribution is 6.33. The second-order valence-electron chi connectivity index (χ2n) is 0.586. The molecule has 34 valence electrons. The molecular formula is C3H3ClO2. The third kappa shape index (κ3) is 2.03. The average Bonchev–Trinajstić information content (AvgIpc) is 1.65. The van der Waals surface area contributed by atoms with Gasteiger partial charge in [0.2, 0.25) is 5.88 Å². The van der Waals surface area contributed by atoms with E-state index in [0.29, 0.717) is 0 Å². The van der Waals surface area contributed by atoms with Crippen LogP contribution < -0.4 is 0 Å². The summed E-state index contributed by atoms with van der Waals surface area (Å²) in [6.07, 6.45) is 0. The molecule has 0 aromatic heterocycles. The monoisotopic (exact) mass is 106 g/mol. The highest BCUT2D eigenvalue weighted by Gasteiger charge is 1.92. The summed E-state index contributed by atoms with van der Waals surface area (Å²) >= 11 is 4.73. The van der Waals surface area contributed by atoms with Crippen LogP contribution in [-0.4, -0.2) is 13.1 Å². The Hall–Kier alpha value is -0.240. The van der Waals surface area contributed by atoms with Crippen molar-refractivity contribution < 1.29 is 9.53 Å². The lowest BCUT2D eigenvalue weighted by molar-refractivity contribution is -0.135. The van der Waals surface area contributed by atoms with E-state index in [-0.39, 0.29) is 0 Å². The Labute approximate surface area is 41.0 Å². The van der Waals surface area contributed by atoms with Crippen molar-refractivity contribution in [1.82, 2.24) is 0 Å². The molecule has 0 atom stereocenters. The summed E-state index contributed by atoms with van der Waals surface area (Å²) in [6.45, 7) is 0. The van der Waals surface area contributed by atoms with Crippen LogP contribution in [0.4, 0.5) is 0 Å². The maximum absolute atomic E-state index is 9.72. The van der Waals surface area contributed by atoms with Gasteiger partial charge < -0.3 is 4.74 Å². The van der Waals surface area contributed by atoms with E-state index in [1.165, 1.54) is 7.11 Å². The van der Waals surface area contributed by atoms with Crippen LogP contribution in [0.5, 0.6) is 0 Å². The van der Waals surface area contributed by atoms with Crippen molar-refractivity contribution >= 4 is 17.6 Å². The fourth-order valence-electron chi connectivity index (χ4n) is 0.0386. The van der Waals surface area contributed by atoms with Crippen molar-refractivity contribution in [2.75, 3.05) is 7.11 Å². The zero-order valence-electron chi connectivity index (χ0n) is 3.19. The highest BCUT2D eigenvalue weighted by atomic mass is 35.5. The molecule has 0 aliphatic carbocycles. The lowest BCUT2D eigenvalue weighted by Gasteiger charge is -1.84. The lowest BCUT2D eigenvalue weighted by Crippen LogP contribution is -1.94. The molecule has 0 aromatic carbocycles. The zero-order chi connectivity index (χ0) is 4.99. The minimum absolute atomic E-state index is 0.642. The van der Waals surface area contributed by atoms with Gasteiger partial charge in [-0.15, -0.1) is 11.6 Å². The van der Waals surface area contributed by atoms with Crippen LogP contribution in [0.2, 0.25) is 0 Å². The molecule has 0 heterocycles. The Morgan fingerprint density at radius 3 is 2.50 bits per heavy atom. The summed E-state index contributed by atoms with van der Waals surface area (Å²) in [5.41, 5.74) is 0. The Morgan fingerprint density at radius 1 is 2.00 bits per heavy atom. The van der Waals surface area contributed by atoms with Gasteiger partial charge in [-0.3, -0.25) is 0 Å². The van der Waals surface area contributed by atoms with Gasteiger partial charge in [-0.1, -0.05) is 0 Å². The number of rotatable bonds is 1. The SMILES string of the molecule is COC(=O)[C]Cl. The lowest BCUT2D eigenvalue weighted by atomic mass is 10.8. The van der Waals surface area contributed by atoms with Crippen LogP contribution in [0.15, 0.2) is 0 Å². The Kier molecular flexibility index (Phi) is 2.85. The van der Waals surface area contributed by atoms with Crippen LogP contribution in [-0.2, 0) is 9.53 Å². The van der Waals surface area contributed by atoms with Crippen LogP contribution in [0.3, 0.4) is 0 Å².